The molecule has 1 unspecified atom stereocenters. The molecule has 0 saturated carbocycles. The maximum atomic E-state index is 12.9. The molecule has 122 valence electrons. The van der Waals surface area contributed by atoms with Crippen LogP contribution in [0.3, 0.4) is 0 Å². The van der Waals surface area contributed by atoms with Crippen LogP contribution in [0.2, 0.25) is 0 Å². The van der Waals surface area contributed by atoms with E-state index in [1.54, 1.807) is 45.2 Å². The van der Waals surface area contributed by atoms with Crippen LogP contribution >= 0.6 is 7.60 Å². The van der Waals surface area contributed by atoms with Crippen LogP contribution in [-0.4, -0.2) is 38.8 Å². The molecular formula is C14H20NO6P. The van der Waals surface area contributed by atoms with Gasteiger partial charge in [-0.1, -0.05) is 0 Å². The highest BCUT2D eigenvalue weighted by Crippen LogP contribution is 2.56. The van der Waals surface area contributed by atoms with Gasteiger partial charge in [-0.05, 0) is 38.1 Å². The fourth-order valence-corrected chi connectivity index (χ4v) is 4.14. The van der Waals surface area contributed by atoms with Crippen molar-refractivity contribution in [1.29, 1.82) is 0 Å². The summed E-state index contributed by atoms with van der Waals surface area (Å²) in [6, 6.07) is 6.82. The maximum Gasteiger partial charge on any atom is 0.415 e. The van der Waals surface area contributed by atoms with Gasteiger partial charge in [0.1, 0.15) is 12.4 Å². The number of methoxy groups -OCH3 is 1. The summed E-state index contributed by atoms with van der Waals surface area (Å²) in [6.45, 7) is 3.85. The van der Waals surface area contributed by atoms with Crippen molar-refractivity contribution in [3.05, 3.63) is 24.3 Å². The third-order valence-corrected chi connectivity index (χ3v) is 5.53. The Morgan fingerprint density at radius 1 is 1.23 bits per heavy atom. The van der Waals surface area contributed by atoms with Crippen LogP contribution in [0.25, 0.3) is 0 Å². The number of cyclic esters (lactones) is 1. The highest BCUT2D eigenvalue weighted by molar-refractivity contribution is 7.54. The number of rotatable bonds is 7. The highest BCUT2D eigenvalue weighted by atomic mass is 31.2. The normalized spacial score (nSPS) is 18.4. The van der Waals surface area contributed by atoms with Crippen LogP contribution in [-0.2, 0) is 18.3 Å². The smallest absolute Gasteiger partial charge is 0.415 e. The van der Waals surface area contributed by atoms with E-state index in [4.69, 9.17) is 18.5 Å². The van der Waals surface area contributed by atoms with Gasteiger partial charge in [0, 0.05) is 5.69 Å². The lowest BCUT2D eigenvalue weighted by atomic mass is 10.3. The molecule has 1 aliphatic rings. The largest absolute Gasteiger partial charge is 0.497 e. The van der Waals surface area contributed by atoms with Crippen molar-refractivity contribution in [3.8, 4) is 5.75 Å². The molecule has 7 nitrogen and oxygen atoms in total. The summed E-state index contributed by atoms with van der Waals surface area (Å²) in [5, 5.41) is 0. The van der Waals surface area contributed by atoms with E-state index in [0.29, 0.717) is 11.4 Å². The molecule has 1 amide bonds. The first-order valence-electron chi connectivity index (χ1n) is 7.04. The van der Waals surface area contributed by atoms with Gasteiger partial charge in [-0.2, -0.15) is 0 Å². The summed E-state index contributed by atoms with van der Waals surface area (Å²) in [6.07, 6.45) is -0.574. The lowest BCUT2D eigenvalue weighted by molar-refractivity contribution is 0.177. The summed E-state index contributed by atoms with van der Waals surface area (Å²) in [5.74, 6) is -0.140. The number of benzene rings is 1. The predicted molar refractivity (Wildman–Crippen MR) is 81.5 cm³/mol. The van der Waals surface area contributed by atoms with Gasteiger partial charge in [-0.25, -0.2) is 4.79 Å². The van der Waals surface area contributed by atoms with Crippen LogP contribution < -0.4 is 9.64 Å². The fourth-order valence-electron chi connectivity index (χ4n) is 2.23. The second-order valence-electron chi connectivity index (χ2n) is 4.50. The van der Waals surface area contributed by atoms with Gasteiger partial charge < -0.3 is 18.5 Å². The van der Waals surface area contributed by atoms with Crippen LogP contribution in [0.5, 0.6) is 5.75 Å². The standard InChI is InChI=1S/C14H20NO6P/c1-4-20-22(17,21-5-2)13-10-19-14(16)15(13)11-6-8-12(18-3)9-7-11/h6-9,13H,4-5,10H2,1-3H3. The van der Waals surface area contributed by atoms with E-state index in [1.807, 2.05) is 0 Å². The molecule has 0 N–H and O–H groups in total. The number of carbonyl (C=O) groups excluding carboxylic acids is 1. The molecule has 2 rings (SSSR count). The zero-order chi connectivity index (χ0) is 16.2. The number of nitrogens with zero attached hydrogens (tertiary/aromatic N) is 1. The number of anilines is 1. The van der Waals surface area contributed by atoms with E-state index in [0.717, 1.165) is 0 Å². The van der Waals surface area contributed by atoms with Crippen molar-refractivity contribution < 1.29 is 27.9 Å². The lowest BCUT2D eigenvalue weighted by Crippen LogP contribution is -2.34. The van der Waals surface area contributed by atoms with Gasteiger partial charge in [0.2, 0.25) is 0 Å². The summed E-state index contributed by atoms with van der Waals surface area (Å²) in [5.41, 5.74) is 0.549. The van der Waals surface area contributed by atoms with Crippen molar-refractivity contribution in [2.45, 2.75) is 19.6 Å². The Kier molecular flexibility index (Phi) is 5.45. The lowest BCUT2D eigenvalue weighted by Gasteiger charge is -2.27. The summed E-state index contributed by atoms with van der Waals surface area (Å²) in [4.78, 5) is 13.3. The zero-order valence-electron chi connectivity index (χ0n) is 12.9. The monoisotopic (exact) mass is 329 g/mol. The summed E-state index contributed by atoms with van der Waals surface area (Å²) >= 11 is 0. The molecule has 1 saturated heterocycles. The Morgan fingerprint density at radius 2 is 1.82 bits per heavy atom. The van der Waals surface area contributed by atoms with Gasteiger partial charge in [-0.3, -0.25) is 9.46 Å². The Hall–Kier alpha value is -1.56. The van der Waals surface area contributed by atoms with Crippen LogP contribution in [0.4, 0.5) is 10.5 Å². The number of carbonyl (C=O) groups is 1. The Labute approximate surface area is 129 Å². The quantitative estimate of drug-likeness (QED) is 0.715. The summed E-state index contributed by atoms with van der Waals surface area (Å²) in [7, 11) is -1.94. The first-order valence-corrected chi connectivity index (χ1v) is 8.65. The SMILES string of the molecule is CCOP(=O)(OCC)C1COC(=O)N1c1ccc(OC)cc1. The van der Waals surface area contributed by atoms with E-state index in [1.165, 1.54) is 4.90 Å². The van der Waals surface area contributed by atoms with Gasteiger partial charge in [0.05, 0.1) is 20.3 Å². The average Bonchev–Trinajstić information content (AvgIpc) is 2.90. The molecule has 1 fully saturated rings. The average molecular weight is 329 g/mol. The van der Waals surface area contributed by atoms with Crippen LogP contribution in [0.15, 0.2) is 24.3 Å². The van der Waals surface area contributed by atoms with Gasteiger partial charge in [-0.15, -0.1) is 0 Å². The van der Waals surface area contributed by atoms with Gasteiger partial charge >= 0.3 is 13.7 Å². The second-order valence-corrected chi connectivity index (χ2v) is 6.69. The zero-order valence-corrected chi connectivity index (χ0v) is 13.7. The fraction of sp³-hybridized carbons (Fsp3) is 0.500. The topological polar surface area (TPSA) is 74.3 Å². The molecule has 1 aliphatic heterocycles. The molecule has 1 aromatic rings. The molecule has 1 atom stereocenters. The molecule has 22 heavy (non-hydrogen) atoms. The molecule has 0 aromatic heterocycles. The van der Waals surface area contributed by atoms with Crippen molar-refractivity contribution in [2.24, 2.45) is 0 Å². The first kappa shape index (κ1) is 16.8. The van der Waals surface area contributed by atoms with E-state index in [9.17, 15) is 9.36 Å². The Balaban J connectivity index is 2.33. The Bertz CT molecular complexity index is 551. The molecule has 1 aromatic carbocycles. The van der Waals surface area contributed by atoms with E-state index in [2.05, 4.69) is 0 Å². The number of hydrogen-bond donors (Lipinski definition) is 0. The van der Waals surface area contributed by atoms with Crippen LogP contribution in [0.1, 0.15) is 13.8 Å². The minimum absolute atomic E-state index is 0.0395. The maximum absolute atomic E-state index is 12.9. The molecule has 0 radical (unpaired) electrons. The number of hydrogen-bond acceptors (Lipinski definition) is 6. The second kappa shape index (κ2) is 7.13. The summed E-state index contributed by atoms with van der Waals surface area (Å²) < 4.78 is 33.7. The Morgan fingerprint density at radius 3 is 2.32 bits per heavy atom. The molecule has 0 aliphatic carbocycles. The van der Waals surface area contributed by atoms with Crippen molar-refractivity contribution in [3.63, 3.8) is 0 Å². The van der Waals surface area contributed by atoms with Crippen molar-refractivity contribution in [1.82, 2.24) is 0 Å². The minimum atomic E-state index is -3.50. The third kappa shape index (κ3) is 3.27. The molecule has 0 bridgehead atoms. The predicted octanol–water partition coefficient (Wildman–Crippen LogP) is 3.24. The third-order valence-electron chi connectivity index (χ3n) is 3.18. The highest BCUT2D eigenvalue weighted by Gasteiger charge is 2.48. The molecule has 0 spiro atoms. The van der Waals surface area contributed by atoms with Crippen molar-refractivity contribution >= 4 is 19.4 Å². The molecule has 8 heteroatoms. The van der Waals surface area contributed by atoms with Crippen molar-refractivity contribution in [2.75, 3.05) is 31.8 Å². The van der Waals surface area contributed by atoms with Crippen LogP contribution in [0, 0.1) is 0 Å². The van der Waals surface area contributed by atoms with E-state index in [-0.39, 0.29) is 19.8 Å². The first-order chi connectivity index (χ1) is 10.6. The van der Waals surface area contributed by atoms with Gasteiger partial charge in [0.25, 0.3) is 0 Å². The number of amides is 1. The van der Waals surface area contributed by atoms with Gasteiger partial charge in [0.15, 0.2) is 5.78 Å². The molecule has 1 heterocycles. The van der Waals surface area contributed by atoms with E-state index < -0.39 is 19.5 Å². The molecular weight excluding hydrogens is 309 g/mol. The van der Waals surface area contributed by atoms with E-state index >= 15 is 0 Å². The minimum Gasteiger partial charge on any atom is -0.497 e. The number of ether oxygens (including phenoxy) is 2.